The molecule has 0 radical (unpaired) electrons. The van der Waals surface area contributed by atoms with Gasteiger partial charge in [-0.1, -0.05) is 0 Å². The number of aliphatic hydroxyl groups excluding tert-OH is 1. The van der Waals surface area contributed by atoms with Crippen molar-refractivity contribution in [2.45, 2.75) is 44.8 Å². The summed E-state index contributed by atoms with van der Waals surface area (Å²) in [7, 11) is 0. The lowest BCUT2D eigenvalue weighted by molar-refractivity contribution is -0.0163. The van der Waals surface area contributed by atoms with Crippen molar-refractivity contribution < 1.29 is 18.6 Å². The quantitative estimate of drug-likeness (QED) is 0.854. The van der Waals surface area contributed by atoms with Gasteiger partial charge in [-0.2, -0.15) is 4.98 Å². The molecule has 0 amide bonds. The van der Waals surface area contributed by atoms with Gasteiger partial charge in [0.05, 0.1) is 31.9 Å². The molecule has 0 aliphatic carbocycles. The fourth-order valence-corrected chi connectivity index (χ4v) is 3.56. The summed E-state index contributed by atoms with van der Waals surface area (Å²) in [5.74, 6) is -2.29. The molecule has 3 heterocycles. The molecule has 0 spiro atoms. The number of hydrogen-bond donors (Lipinski definition) is 1. The largest absolute Gasteiger partial charge is 0.395 e. The van der Waals surface area contributed by atoms with E-state index >= 15 is 0 Å². The Morgan fingerprint density at radius 1 is 1.44 bits per heavy atom. The third kappa shape index (κ3) is 3.48. The van der Waals surface area contributed by atoms with Crippen molar-refractivity contribution in [3.05, 3.63) is 16.4 Å². The molecule has 1 aromatic heterocycles. The first kappa shape index (κ1) is 18.1. The molecule has 3 rings (SSSR count). The highest BCUT2D eigenvalue weighted by Crippen LogP contribution is 2.33. The smallest absolute Gasteiger partial charge is 0.265 e. The summed E-state index contributed by atoms with van der Waals surface area (Å²) in [6.45, 7) is 4.37. The minimum atomic E-state index is -2.96. The zero-order chi connectivity index (χ0) is 18.2. The fraction of sp³-hybridized carbons (Fsp3) is 0.750. The molecule has 0 aromatic carbocycles. The first-order chi connectivity index (χ1) is 11.8. The van der Waals surface area contributed by atoms with E-state index < -0.39 is 12.0 Å². The van der Waals surface area contributed by atoms with Crippen molar-refractivity contribution in [3.8, 4) is 0 Å². The van der Waals surface area contributed by atoms with Gasteiger partial charge in [0.1, 0.15) is 5.82 Å². The van der Waals surface area contributed by atoms with E-state index in [0.717, 1.165) is 6.92 Å². The molecular formula is C16H24F2N4O3. The van der Waals surface area contributed by atoms with Crippen LogP contribution in [-0.2, 0) is 11.3 Å². The van der Waals surface area contributed by atoms with Crippen LogP contribution in [0.4, 0.5) is 20.5 Å². The van der Waals surface area contributed by atoms with E-state index in [4.69, 9.17) is 4.74 Å². The number of ether oxygens (including phenoxy) is 1. The van der Waals surface area contributed by atoms with Crippen LogP contribution in [0, 0.1) is 0 Å². The minimum Gasteiger partial charge on any atom is -0.395 e. The topological polar surface area (TPSA) is 70.8 Å². The number of aromatic nitrogens is 2. The first-order valence-electron chi connectivity index (χ1n) is 8.54. The zero-order valence-electron chi connectivity index (χ0n) is 14.5. The van der Waals surface area contributed by atoms with Gasteiger partial charge in [0.15, 0.2) is 0 Å². The van der Waals surface area contributed by atoms with Crippen molar-refractivity contribution in [2.24, 2.45) is 0 Å². The number of nitrogens with zero attached hydrogens (tertiary/aromatic N) is 4. The van der Waals surface area contributed by atoms with Crippen LogP contribution in [0.1, 0.15) is 20.3 Å². The molecule has 1 fully saturated rings. The molecule has 1 saturated heterocycles. The summed E-state index contributed by atoms with van der Waals surface area (Å²) in [6.07, 6.45) is 0.130. The van der Waals surface area contributed by atoms with Crippen LogP contribution in [0.2, 0.25) is 0 Å². The summed E-state index contributed by atoms with van der Waals surface area (Å²) in [5, 5.41) is 9.33. The molecule has 2 aliphatic rings. The lowest BCUT2D eigenvalue weighted by Gasteiger charge is -2.41. The van der Waals surface area contributed by atoms with Gasteiger partial charge in [-0.05, 0) is 13.3 Å². The van der Waals surface area contributed by atoms with E-state index in [1.165, 1.54) is 15.5 Å². The number of fused-ring (bicyclic) bond motifs is 1. The second-order valence-electron chi connectivity index (χ2n) is 6.70. The Hall–Kier alpha value is -1.74. The normalized spacial score (nSPS) is 24.4. The number of rotatable bonds is 4. The van der Waals surface area contributed by atoms with E-state index in [1.807, 2.05) is 11.8 Å². The highest BCUT2D eigenvalue weighted by molar-refractivity contribution is 5.47. The Balaban J connectivity index is 2.04. The molecule has 0 bridgehead atoms. The Labute approximate surface area is 144 Å². The predicted octanol–water partition coefficient (Wildman–Crippen LogP) is 0.695. The lowest BCUT2D eigenvalue weighted by Crippen LogP contribution is -2.54. The van der Waals surface area contributed by atoms with Crippen LogP contribution in [0.5, 0.6) is 0 Å². The molecule has 140 valence electrons. The van der Waals surface area contributed by atoms with Crippen molar-refractivity contribution in [1.29, 1.82) is 0 Å². The molecule has 1 N–H and O–H groups in total. The van der Waals surface area contributed by atoms with Gasteiger partial charge in [-0.3, -0.25) is 9.36 Å². The van der Waals surface area contributed by atoms with Gasteiger partial charge in [-0.15, -0.1) is 0 Å². The highest BCUT2D eigenvalue weighted by atomic mass is 19.3. The van der Waals surface area contributed by atoms with Gasteiger partial charge in [0.2, 0.25) is 5.95 Å². The van der Waals surface area contributed by atoms with Crippen molar-refractivity contribution in [2.75, 3.05) is 42.7 Å². The third-order valence-electron chi connectivity index (χ3n) is 4.82. The predicted molar refractivity (Wildman–Crippen MR) is 89.6 cm³/mol. The second-order valence-corrected chi connectivity index (χ2v) is 6.70. The summed E-state index contributed by atoms with van der Waals surface area (Å²) in [6, 6.07) is 0.401. The van der Waals surface area contributed by atoms with E-state index in [9.17, 15) is 18.7 Å². The van der Waals surface area contributed by atoms with E-state index in [1.54, 1.807) is 0 Å². The minimum absolute atomic E-state index is 0.00263. The number of halogens is 2. The maximum absolute atomic E-state index is 14.0. The Bertz CT molecular complexity index is 676. The van der Waals surface area contributed by atoms with Crippen LogP contribution in [0.25, 0.3) is 0 Å². The summed E-state index contributed by atoms with van der Waals surface area (Å²) >= 11 is 0. The number of anilines is 2. The van der Waals surface area contributed by atoms with E-state index in [2.05, 4.69) is 4.98 Å². The van der Waals surface area contributed by atoms with Crippen LogP contribution < -0.4 is 15.4 Å². The van der Waals surface area contributed by atoms with Crippen LogP contribution in [-0.4, -0.2) is 65.6 Å². The monoisotopic (exact) mass is 358 g/mol. The Morgan fingerprint density at radius 3 is 2.84 bits per heavy atom. The van der Waals surface area contributed by atoms with Gasteiger partial charge < -0.3 is 19.6 Å². The third-order valence-corrected chi connectivity index (χ3v) is 4.82. The molecule has 7 nitrogen and oxygen atoms in total. The number of morpholine rings is 1. The van der Waals surface area contributed by atoms with E-state index in [-0.39, 0.29) is 43.7 Å². The summed E-state index contributed by atoms with van der Waals surface area (Å²) < 4.78 is 34.9. The van der Waals surface area contributed by atoms with Crippen LogP contribution >= 0.6 is 0 Å². The summed E-state index contributed by atoms with van der Waals surface area (Å²) in [5.41, 5.74) is -0.264. The first-order valence-corrected chi connectivity index (χ1v) is 8.54. The average Bonchev–Trinajstić information content (AvgIpc) is 2.55. The van der Waals surface area contributed by atoms with Gasteiger partial charge in [0.25, 0.3) is 11.5 Å². The molecule has 0 unspecified atom stereocenters. The van der Waals surface area contributed by atoms with Crippen molar-refractivity contribution in [1.82, 2.24) is 9.55 Å². The highest BCUT2D eigenvalue weighted by Gasteiger charge is 2.42. The van der Waals surface area contributed by atoms with Gasteiger partial charge in [-0.25, -0.2) is 8.78 Å². The zero-order valence-corrected chi connectivity index (χ0v) is 14.5. The Kier molecular flexibility index (Phi) is 4.97. The standard InChI is InChI=1S/C16H24F2N4O3/c1-11-10-25-8-6-20(11)13-9-14(24)22-4-3-12(16(2,17)18)21(5-7-23)15(22)19-13/h9,11-12,23H,3-8,10H2,1-2H3/t11-,12+/m1/s1. The molecule has 25 heavy (non-hydrogen) atoms. The fourth-order valence-electron chi connectivity index (χ4n) is 3.56. The van der Waals surface area contributed by atoms with Crippen molar-refractivity contribution >= 4 is 11.8 Å². The maximum atomic E-state index is 14.0. The number of hydrogen-bond acceptors (Lipinski definition) is 6. The molecule has 1 aromatic rings. The van der Waals surface area contributed by atoms with Crippen molar-refractivity contribution in [3.63, 3.8) is 0 Å². The average molecular weight is 358 g/mol. The molecule has 9 heteroatoms. The van der Waals surface area contributed by atoms with E-state index in [0.29, 0.717) is 25.6 Å². The molecule has 2 atom stereocenters. The van der Waals surface area contributed by atoms with Crippen LogP contribution in [0.3, 0.4) is 0 Å². The second kappa shape index (κ2) is 6.87. The van der Waals surface area contributed by atoms with Gasteiger partial charge >= 0.3 is 0 Å². The number of aliphatic hydroxyl groups is 1. The maximum Gasteiger partial charge on any atom is 0.265 e. The molecular weight excluding hydrogens is 334 g/mol. The SMILES string of the molecule is C[C@@H]1COCCN1c1cc(=O)n2c(n1)N(CCO)[C@H](C(C)(F)F)CC2. The van der Waals surface area contributed by atoms with Crippen LogP contribution in [0.15, 0.2) is 10.9 Å². The number of β-amino-alcohol motifs (C(OH)–C–C–N with tert-alkyl or cyclic N) is 1. The van der Waals surface area contributed by atoms with Gasteiger partial charge in [0, 0.05) is 32.6 Å². The Morgan fingerprint density at radius 2 is 2.20 bits per heavy atom. The molecule has 0 saturated carbocycles. The number of alkyl halides is 2. The molecule has 2 aliphatic heterocycles. The lowest BCUT2D eigenvalue weighted by atomic mass is 10.0. The summed E-state index contributed by atoms with van der Waals surface area (Å²) in [4.78, 5) is 20.4.